The number of nitrogens with one attached hydrogen (secondary N) is 4. The van der Waals surface area contributed by atoms with E-state index in [4.69, 9.17) is 0 Å². The fraction of sp³-hybridized carbons (Fsp3) is 0.579. The lowest BCUT2D eigenvalue weighted by Crippen LogP contribution is -2.45. The average Bonchev–Trinajstić information content (AvgIpc) is 3.85. The molecule has 0 fully saturated rings. The van der Waals surface area contributed by atoms with Crippen LogP contribution >= 0.6 is 97.4 Å². The number of hydrogen-bond donors (Lipinski definition) is 10. The molecule has 3 aromatic carbocycles. The van der Waals surface area contributed by atoms with Crippen molar-refractivity contribution < 1.29 is 19.2 Å². The lowest BCUT2D eigenvalue weighted by Gasteiger charge is -2.21. The lowest BCUT2D eigenvalue weighted by molar-refractivity contribution is -0.125. The van der Waals surface area contributed by atoms with Crippen molar-refractivity contribution in [3.05, 3.63) is 99.7 Å². The number of nitrogens with zero attached hydrogens (tertiary/aromatic N) is 3. The number of benzene rings is 3. The second-order valence-corrected chi connectivity index (χ2v) is 24.8. The third-order valence-corrected chi connectivity index (χ3v) is 15.9. The Bertz CT molecular complexity index is 2300. The minimum absolute atomic E-state index is 0. The van der Waals surface area contributed by atoms with Gasteiger partial charge in [-0.15, -0.1) is 5.10 Å². The van der Waals surface area contributed by atoms with Crippen LogP contribution in [0.2, 0.25) is 0 Å². The second-order valence-electron chi connectivity index (χ2n) is 20.4. The van der Waals surface area contributed by atoms with Crippen molar-refractivity contribution in [1.82, 2.24) is 30.9 Å². The summed E-state index contributed by atoms with van der Waals surface area (Å²) in [4.78, 5) is 49.4. The minimum atomic E-state index is -0.289. The van der Waals surface area contributed by atoms with Gasteiger partial charge in [0.25, 0.3) is 0 Å². The molecular formula is C57H91N7O4S8. The molecule has 0 radical (unpaired) electrons. The molecule has 0 aliphatic heterocycles. The quantitative estimate of drug-likeness (QED) is 0.0138. The van der Waals surface area contributed by atoms with Gasteiger partial charge in [0.05, 0.1) is 30.9 Å². The summed E-state index contributed by atoms with van der Waals surface area (Å²) in [5.41, 5.74) is 10.6. The van der Waals surface area contributed by atoms with Crippen LogP contribution in [0.4, 0.5) is 5.69 Å². The molecule has 0 spiro atoms. The van der Waals surface area contributed by atoms with Crippen LogP contribution in [0.25, 0.3) is 11.3 Å². The van der Waals surface area contributed by atoms with Gasteiger partial charge in [0.15, 0.2) is 17.3 Å². The van der Waals surface area contributed by atoms with Crippen molar-refractivity contribution in [3.8, 4) is 11.3 Å². The van der Waals surface area contributed by atoms with E-state index in [1.807, 2.05) is 93.6 Å². The Labute approximate surface area is 498 Å². The Morgan fingerprint density at radius 1 is 0.513 bits per heavy atom. The molecule has 0 aliphatic carbocycles. The first-order chi connectivity index (χ1) is 35.5. The number of aromatic nitrogens is 3. The highest BCUT2D eigenvalue weighted by molar-refractivity contribution is 8.76. The summed E-state index contributed by atoms with van der Waals surface area (Å²) < 4.78 is 1.74. The van der Waals surface area contributed by atoms with Gasteiger partial charge in [-0.25, -0.2) is 4.68 Å². The van der Waals surface area contributed by atoms with E-state index in [1.165, 1.54) is 16.7 Å². The molecule has 19 heteroatoms. The van der Waals surface area contributed by atoms with E-state index in [-0.39, 0.29) is 72.9 Å². The van der Waals surface area contributed by atoms with Crippen LogP contribution < -0.4 is 21.3 Å². The molecule has 0 aliphatic rings. The Balaban J connectivity index is 0.000000567. The monoisotopic (exact) mass is 1190 g/mol. The molecule has 1 heterocycles. The van der Waals surface area contributed by atoms with Crippen molar-refractivity contribution in [2.75, 3.05) is 11.1 Å². The summed E-state index contributed by atoms with van der Waals surface area (Å²) >= 11 is 26.1. The highest BCUT2D eigenvalue weighted by Gasteiger charge is 2.25. The van der Waals surface area contributed by atoms with Gasteiger partial charge in [0, 0.05) is 99.6 Å². The number of Topliss-reactive ketones (excluding diaryl/α,β-unsaturated/α-hetero) is 3. The topological polar surface area (TPSA) is 147 Å². The van der Waals surface area contributed by atoms with Crippen LogP contribution in [0.3, 0.4) is 0 Å². The van der Waals surface area contributed by atoms with E-state index in [1.54, 1.807) is 26.3 Å². The third kappa shape index (κ3) is 27.4. The Hall–Kier alpha value is -2.04. The molecule has 4 aromatic rings. The Kier molecular flexibility index (Phi) is 36.5. The Morgan fingerprint density at radius 2 is 0.895 bits per heavy atom. The third-order valence-electron chi connectivity index (χ3n) is 11.3. The van der Waals surface area contributed by atoms with Gasteiger partial charge < -0.3 is 21.3 Å². The smallest absolute Gasteiger partial charge is 0.224 e. The highest BCUT2D eigenvalue weighted by Crippen LogP contribution is 2.29. The van der Waals surface area contributed by atoms with E-state index in [9.17, 15) is 19.2 Å². The summed E-state index contributed by atoms with van der Waals surface area (Å²) in [7, 11) is 3.57. The van der Waals surface area contributed by atoms with Crippen molar-refractivity contribution in [2.45, 2.75) is 186 Å². The normalized spacial score (nSPS) is 12.5. The first-order valence-electron chi connectivity index (χ1n) is 25.8. The fourth-order valence-electron chi connectivity index (χ4n) is 7.81. The predicted octanol–water partition coefficient (Wildman–Crippen LogP) is 12.9. The predicted molar refractivity (Wildman–Crippen MR) is 349 cm³/mol. The van der Waals surface area contributed by atoms with Crippen molar-refractivity contribution in [2.24, 2.45) is 17.8 Å². The molecule has 0 saturated carbocycles. The first-order valence-corrected chi connectivity index (χ1v) is 32.1. The molecule has 1 amide bonds. The summed E-state index contributed by atoms with van der Waals surface area (Å²) in [6.45, 7) is 24.3. The molecule has 0 bridgehead atoms. The van der Waals surface area contributed by atoms with Crippen molar-refractivity contribution >= 4 is 126 Å². The van der Waals surface area contributed by atoms with Gasteiger partial charge in [-0.05, 0) is 69.6 Å². The molecule has 11 nitrogen and oxygen atoms in total. The number of amides is 1. The van der Waals surface area contributed by atoms with E-state index in [2.05, 4.69) is 158 Å². The van der Waals surface area contributed by atoms with Crippen LogP contribution in [0.15, 0.2) is 60.8 Å². The van der Waals surface area contributed by atoms with Crippen LogP contribution in [0, 0.1) is 17.8 Å². The average molecular weight is 1190 g/mol. The van der Waals surface area contributed by atoms with Crippen molar-refractivity contribution in [3.63, 3.8) is 0 Å². The number of rotatable bonds is 30. The Morgan fingerprint density at radius 3 is 1.33 bits per heavy atom. The van der Waals surface area contributed by atoms with Gasteiger partial charge in [0.1, 0.15) is 5.69 Å². The van der Waals surface area contributed by atoms with Crippen LogP contribution in [0.5, 0.6) is 0 Å². The molecule has 4 N–H and O–H groups in total. The van der Waals surface area contributed by atoms with E-state index in [0.29, 0.717) is 54.2 Å². The SMILES string of the molecule is C.CC(C)NC(CCC(=O)Nc1cc(CS)cc(CS)c1)C(=O)C(C)C.CC(C)NC(CSSCc1cc(CS)cc(CS)c1)C(=O)C(C)C.CC(C)NC(Cn1cc(-c2cc(CS)cc(CS)c2)nn1)C(=O)C(C)C. The standard InChI is InChI=1S/C19H28N4OS2.C19H30N2O2S2.C18H29NOS4.CH4/c1-12(2)19(24)18(20-13(3)4)9-23-8-17(21-22-23)16-6-14(10-25)5-15(7-16)11-26;1-12(2)19(23)17(20-13(3)4)5-6-18(22)21-16-8-14(10-24)7-15(9-16)11-25;1-12(2)18(20)17(19-13(3)4)11-24-23-10-16-6-14(8-21)5-15(7-16)9-22;/h5-8,12-13,18,20,25-26H,9-11H2,1-4H3;7-9,12-13,17,20,24-25H,5-6,10-11H2,1-4H3,(H,21,22);5-7,12-13,17,19,21-22H,8-11H2,1-4H3;1H4. The summed E-state index contributed by atoms with van der Waals surface area (Å²) in [5.74, 6) is 6.27. The zero-order chi connectivity index (χ0) is 56.4. The second kappa shape index (κ2) is 38.6. The van der Waals surface area contributed by atoms with Crippen LogP contribution in [-0.4, -0.2) is 80.3 Å². The number of anilines is 1. The fourth-order valence-corrected chi connectivity index (χ4v) is 11.1. The van der Waals surface area contributed by atoms with E-state index in [0.717, 1.165) is 62.2 Å². The van der Waals surface area contributed by atoms with Gasteiger partial charge in [-0.3, -0.25) is 19.2 Å². The van der Waals surface area contributed by atoms with E-state index >= 15 is 0 Å². The zero-order valence-electron chi connectivity index (χ0n) is 46.2. The molecule has 3 unspecified atom stereocenters. The lowest BCUT2D eigenvalue weighted by atomic mass is 9.97. The molecule has 426 valence electrons. The molecule has 76 heavy (non-hydrogen) atoms. The number of ketones is 3. The number of thiol groups is 6. The van der Waals surface area contributed by atoms with Gasteiger partial charge in [0.2, 0.25) is 5.91 Å². The van der Waals surface area contributed by atoms with Crippen LogP contribution in [-0.2, 0) is 66.0 Å². The summed E-state index contributed by atoms with van der Waals surface area (Å²) in [5, 5.41) is 21.4. The summed E-state index contributed by atoms with van der Waals surface area (Å²) in [6.07, 6.45) is 2.68. The van der Waals surface area contributed by atoms with E-state index < -0.39 is 0 Å². The highest BCUT2D eigenvalue weighted by atomic mass is 33.1. The van der Waals surface area contributed by atoms with Gasteiger partial charge in [-0.1, -0.05) is 148 Å². The first kappa shape index (κ1) is 72.0. The number of hydrogen-bond acceptors (Lipinski definition) is 17. The maximum Gasteiger partial charge on any atom is 0.224 e. The van der Waals surface area contributed by atoms with Gasteiger partial charge >= 0.3 is 0 Å². The van der Waals surface area contributed by atoms with Gasteiger partial charge in [-0.2, -0.15) is 75.8 Å². The summed E-state index contributed by atoms with van der Waals surface area (Å²) in [6, 6.07) is 18.7. The molecule has 0 saturated heterocycles. The van der Waals surface area contributed by atoms with Crippen molar-refractivity contribution in [1.29, 1.82) is 0 Å². The molecular weight excluding hydrogens is 1100 g/mol. The number of carbonyl (C=O) groups is 4. The maximum absolute atomic E-state index is 12.5. The minimum Gasteiger partial charge on any atom is -0.326 e. The van der Waals surface area contributed by atoms with Crippen LogP contribution in [0.1, 0.15) is 142 Å². The molecule has 3 atom stereocenters. The largest absolute Gasteiger partial charge is 0.326 e. The maximum atomic E-state index is 12.5. The molecule has 1 aromatic heterocycles. The zero-order valence-corrected chi connectivity index (χ0v) is 53.2. The molecule has 4 rings (SSSR count). The number of carbonyl (C=O) groups excluding carboxylic acids is 4.